The molecule has 7 nitrogen and oxygen atoms in total. The Hall–Kier alpha value is -2.83. The lowest BCUT2D eigenvalue weighted by atomic mass is 10.1. The van der Waals surface area contributed by atoms with E-state index in [0.717, 1.165) is 18.8 Å². The molecule has 0 spiro atoms. The van der Waals surface area contributed by atoms with Crippen molar-refractivity contribution < 1.29 is 14.1 Å². The Balaban J connectivity index is 1.38. The molecular weight excluding hydrogens is 332 g/mol. The van der Waals surface area contributed by atoms with Gasteiger partial charge in [0.25, 0.3) is 0 Å². The lowest BCUT2D eigenvalue weighted by molar-refractivity contribution is -0.122. The Labute approximate surface area is 151 Å². The molecule has 1 aromatic heterocycles. The van der Waals surface area contributed by atoms with Gasteiger partial charge in [0.05, 0.1) is 5.92 Å². The highest BCUT2D eigenvalue weighted by Crippen LogP contribution is 2.26. The molecular formula is C19H22N4O3. The number of rotatable bonds is 4. The molecule has 7 heteroatoms. The molecule has 2 amide bonds. The molecule has 0 saturated carbocycles. The summed E-state index contributed by atoms with van der Waals surface area (Å²) in [5, 5.41) is 6.79. The average molecular weight is 354 g/mol. The number of nitrogens with one attached hydrogen (secondary N) is 1. The Morgan fingerprint density at radius 2 is 1.96 bits per heavy atom. The molecule has 2 aliphatic heterocycles. The standard InChI is InChI=1S/C19H22N4O3/c1-13-10-17(21-26-13)23-12-14(11-18(23)24)19(25)20-15-4-6-16(7-5-15)22-8-2-3-9-22/h4-7,10,14H,2-3,8-9,11-12H2,1H3,(H,20,25). The maximum Gasteiger partial charge on any atom is 0.229 e. The minimum Gasteiger partial charge on any atom is -0.372 e. The van der Waals surface area contributed by atoms with Gasteiger partial charge in [0.1, 0.15) is 5.76 Å². The van der Waals surface area contributed by atoms with Gasteiger partial charge in [-0.1, -0.05) is 5.16 Å². The van der Waals surface area contributed by atoms with Crippen molar-refractivity contribution in [2.45, 2.75) is 26.2 Å². The highest BCUT2D eigenvalue weighted by molar-refractivity contribution is 6.03. The first-order chi connectivity index (χ1) is 12.6. The molecule has 3 heterocycles. The molecule has 0 bridgehead atoms. The van der Waals surface area contributed by atoms with Crippen molar-refractivity contribution in [1.82, 2.24) is 5.16 Å². The van der Waals surface area contributed by atoms with Crippen molar-refractivity contribution in [3.63, 3.8) is 0 Å². The second-order valence-corrected chi connectivity index (χ2v) is 6.93. The molecule has 136 valence electrons. The second kappa shape index (κ2) is 6.82. The van der Waals surface area contributed by atoms with Crippen molar-refractivity contribution in [3.05, 3.63) is 36.1 Å². The lowest BCUT2D eigenvalue weighted by Gasteiger charge is -2.18. The van der Waals surface area contributed by atoms with E-state index in [-0.39, 0.29) is 18.2 Å². The number of hydrogen-bond acceptors (Lipinski definition) is 5. The van der Waals surface area contributed by atoms with E-state index in [1.165, 1.54) is 23.4 Å². The van der Waals surface area contributed by atoms with E-state index in [9.17, 15) is 9.59 Å². The minimum atomic E-state index is -0.391. The van der Waals surface area contributed by atoms with E-state index < -0.39 is 5.92 Å². The molecule has 1 atom stereocenters. The number of carbonyl (C=O) groups is 2. The first-order valence-corrected chi connectivity index (χ1v) is 9.00. The number of aromatic nitrogens is 1. The Morgan fingerprint density at radius 3 is 2.62 bits per heavy atom. The van der Waals surface area contributed by atoms with Crippen molar-refractivity contribution in [2.24, 2.45) is 5.92 Å². The van der Waals surface area contributed by atoms with Crippen LogP contribution in [0.3, 0.4) is 0 Å². The summed E-state index contributed by atoms with van der Waals surface area (Å²) in [7, 11) is 0. The summed E-state index contributed by atoms with van der Waals surface area (Å²) in [6, 6.07) is 9.61. The Kier molecular flexibility index (Phi) is 4.36. The number of anilines is 3. The van der Waals surface area contributed by atoms with Gasteiger partial charge in [-0.15, -0.1) is 0 Å². The zero-order valence-corrected chi connectivity index (χ0v) is 14.8. The van der Waals surface area contributed by atoms with Crippen LogP contribution in [0.1, 0.15) is 25.0 Å². The van der Waals surface area contributed by atoms with Crippen LogP contribution in [0, 0.1) is 12.8 Å². The molecule has 1 N–H and O–H groups in total. The summed E-state index contributed by atoms with van der Waals surface area (Å²) >= 11 is 0. The SMILES string of the molecule is Cc1cc(N2CC(C(=O)Nc3ccc(N4CCCC4)cc3)CC2=O)no1. The fraction of sp³-hybridized carbons (Fsp3) is 0.421. The van der Waals surface area contributed by atoms with Crippen LogP contribution in [0.5, 0.6) is 0 Å². The molecule has 2 fully saturated rings. The summed E-state index contributed by atoms with van der Waals surface area (Å²) in [6.07, 6.45) is 2.65. The van der Waals surface area contributed by atoms with E-state index in [1.807, 2.05) is 24.3 Å². The summed E-state index contributed by atoms with van der Waals surface area (Å²) in [4.78, 5) is 28.6. The Bertz CT molecular complexity index is 808. The van der Waals surface area contributed by atoms with Crippen LogP contribution >= 0.6 is 0 Å². The molecule has 0 radical (unpaired) electrons. The summed E-state index contributed by atoms with van der Waals surface area (Å²) < 4.78 is 5.02. The van der Waals surface area contributed by atoms with Crippen LogP contribution in [0.2, 0.25) is 0 Å². The van der Waals surface area contributed by atoms with E-state index in [1.54, 1.807) is 13.0 Å². The summed E-state index contributed by atoms with van der Waals surface area (Å²) in [6.45, 7) is 4.27. The van der Waals surface area contributed by atoms with Crippen LogP contribution < -0.4 is 15.1 Å². The smallest absolute Gasteiger partial charge is 0.229 e. The first-order valence-electron chi connectivity index (χ1n) is 9.00. The number of nitrogens with zero attached hydrogens (tertiary/aromatic N) is 3. The number of benzene rings is 1. The first kappa shape index (κ1) is 16.6. The summed E-state index contributed by atoms with van der Waals surface area (Å²) in [5.41, 5.74) is 1.94. The third-order valence-electron chi connectivity index (χ3n) is 4.99. The van der Waals surface area contributed by atoms with Crippen LogP contribution in [-0.2, 0) is 9.59 Å². The predicted octanol–water partition coefficient (Wildman–Crippen LogP) is 2.57. The van der Waals surface area contributed by atoms with Gasteiger partial charge >= 0.3 is 0 Å². The average Bonchev–Trinajstić information content (AvgIpc) is 3.36. The molecule has 1 unspecified atom stereocenters. The largest absolute Gasteiger partial charge is 0.372 e. The van der Waals surface area contributed by atoms with E-state index in [2.05, 4.69) is 15.4 Å². The monoisotopic (exact) mass is 354 g/mol. The van der Waals surface area contributed by atoms with E-state index in [4.69, 9.17) is 4.52 Å². The van der Waals surface area contributed by atoms with Gasteiger partial charge in [-0.2, -0.15) is 0 Å². The molecule has 1 aromatic carbocycles. The highest BCUT2D eigenvalue weighted by atomic mass is 16.5. The molecule has 0 aliphatic carbocycles. The molecule has 26 heavy (non-hydrogen) atoms. The van der Waals surface area contributed by atoms with Crippen LogP contribution in [0.15, 0.2) is 34.9 Å². The maximum atomic E-state index is 12.5. The van der Waals surface area contributed by atoms with Gasteiger partial charge in [-0.05, 0) is 44.0 Å². The second-order valence-electron chi connectivity index (χ2n) is 6.93. The van der Waals surface area contributed by atoms with Gasteiger partial charge in [-0.3, -0.25) is 14.5 Å². The highest BCUT2D eigenvalue weighted by Gasteiger charge is 2.36. The van der Waals surface area contributed by atoms with Gasteiger partial charge < -0.3 is 14.7 Å². The van der Waals surface area contributed by atoms with E-state index in [0.29, 0.717) is 18.1 Å². The van der Waals surface area contributed by atoms with Crippen LogP contribution in [0.4, 0.5) is 17.2 Å². The number of hydrogen-bond donors (Lipinski definition) is 1. The van der Waals surface area contributed by atoms with Crippen LogP contribution in [0.25, 0.3) is 0 Å². The van der Waals surface area contributed by atoms with Crippen LogP contribution in [-0.4, -0.2) is 36.6 Å². The number of amides is 2. The van der Waals surface area contributed by atoms with Gasteiger partial charge in [0, 0.05) is 43.5 Å². The van der Waals surface area contributed by atoms with Gasteiger partial charge in [-0.25, -0.2) is 0 Å². The molecule has 2 aliphatic rings. The lowest BCUT2D eigenvalue weighted by Crippen LogP contribution is -2.28. The minimum absolute atomic E-state index is 0.108. The fourth-order valence-corrected chi connectivity index (χ4v) is 3.56. The van der Waals surface area contributed by atoms with Crippen molar-refractivity contribution in [2.75, 3.05) is 34.8 Å². The third-order valence-corrected chi connectivity index (χ3v) is 4.99. The molecule has 4 rings (SSSR count). The van der Waals surface area contributed by atoms with Gasteiger partial charge in [0.15, 0.2) is 5.82 Å². The van der Waals surface area contributed by atoms with Crippen molar-refractivity contribution in [3.8, 4) is 0 Å². The Morgan fingerprint density at radius 1 is 1.23 bits per heavy atom. The number of carbonyl (C=O) groups excluding carboxylic acids is 2. The molecule has 2 saturated heterocycles. The number of aryl methyl sites for hydroxylation is 1. The third kappa shape index (κ3) is 3.29. The normalized spacial score (nSPS) is 20.0. The van der Waals surface area contributed by atoms with Crippen molar-refractivity contribution >= 4 is 29.0 Å². The zero-order valence-electron chi connectivity index (χ0n) is 14.8. The maximum absolute atomic E-state index is 12.5. The summed E-state index contributed by atoms with van der Waals surface area (Å²) in [5.74, 6) is 0.465. The quantitative estimate of drug-likeness (QED) is 0.913. The topological polar surface area (TPSA) is 78.7 Å². The zero-order chi connectivity index (χ0) is 18.1. The van der Waals surface area contributed by atoms with E-state index >= 15 is 0 Å². The van der Waals surface area contributed by atoms with Crippen molar-refractivity contribution in [1.29, 1.82) is 0 Å². The fourth-order valence-electron chi connectivity index (χ4n) is 3.56. The van der Waals surface area contributed by atoms with Gasteiger partial charge in [0.2, 0.25) is 11.8 Å². The predicted molar refractivity (Wildman–Crippen MR) is 98.2 cm³/mol. The molecule has 2 aromatic rings.